The average Bonchev–Trinajstić information content (AvgIpc) is 3.45. The van der Waals surface area contributed by atoms with Crippen molar-refractivity contribution in [1.82, 2.24) is 9.88 Å². The maximum atomic E-state index is 5.97. The summed E-state index contributed by atoms with van der Waals surface area (Å²) in [4.78, 5) is 9.84. The fourth-order valence-corrected chi connectivity index (χ4v) is 5.34. The Bertz CT molecular complexity index is 795. The van der Waals surface area contributed by atoms with E-state index in [9.17, 15) is 0 Å². The van der Waals surface area contributed by atoms with Gasteiger partial charge < -0.3 is 9.64 Å². The van der Waals surface area contributed by atoms with Gasteiger partial charge in [-0.25, -0.2) is 0 Å². The van der Waals surface area contributed by atoms with Crippen LogP contribution in [-0.2, 0) is 24.1 Å². The number of piperidine rings is 1. The number of fused-ring (bicyclic) bond motifs is 1. The molecule has 29 heavy (non-hydrogen) atoms. The van der Waals surface area contributed by atoms with Crippen molar-refractivity contribution >= 4 is 5.69 Å². The van der Waals surface area contributed by atoms with Crippen molar-refractivity contribution in [2.75, 3.05) is 31.1 Å². The highest BCUT2D eigenvalue weighted by molar-refractivity contribution is 5.52. The van der Waals surface area contributed by atoms with Crippen LogP contribution in [0.25, 0.3) is 0 Å². The molecule has 1 aliphatic carbocycles. The predicted molar refractivity (Wildman–Crippen MR) is 117 cm³/mol. The summed E-state index contributed by atoms with van der Waals surface area (Å²) < 4.78 is 5.97. The summed E-state index contributed by atoms with van der Waals surface area (Å²) in [5.74, 6) is 0. The maximum absolute atomic E-state index is 5.97. The number of pyridine rings is 1. The van der Waals surface area contributed by atoms with Crippen LogP contribution in [-0.4, -0.2) is 48.3 Å². The van der Waals surface area contributed by atoms with E-state index >= 15 is 0 Å². The van der Waals surface area contributed by atoms with Crippen molar-refractivity contribution in [3.05, 3.63) is 59.4 Å². The van der Waals surface area contributed by atoms with E-state index in [-0.39, 0.29) is 0 Å². The molecule has 2 fully saturated rings. The monoisotopic (exact) mass is 391 g/mol. The second-order valence-corrected chi connectivity index (χ2v) is 8.91. The number of nitrogens with zero attached hydrogens (tertiary/aromatic N) is 3. The van der Waals surface area contributed by atoms with Gasteiger partial charge in [-0.3, -0.25) is 9.88 Å². The minimum Gasteiger partial charge on any atom is -0.377 e. The van der Waals surface area contributed by atoms with E-state index < -0.39 is 0 Å². The van der Waals surface area contributed by atoms with E-state index in [4.69, 9.17) is 4.74 Å². The second kappa shape index (κ2) is 8.85. The molecule has 4 heteroatoms. The SMILES string of the molecule is c1ccc(CN(CC2CCCO2)C2CCN(c3ccc4c(c3)CCC4)CC2)nc1. The molecule has 0 bridgehead atoms. The molecule has 0 N–H and O–H groups in total. The molecule has 1 unspecified atom stereocenters. The Kier molecular flexibility index (Phi) is 5.82. The molecule has 1 atom stereocenters. The lowest BCUT2D eigenvalue weighted by Gasteiger charge is -2.40. The minimum atomic E-state index is 0.397. The van der Waals surface area contributed by atoms with Crippen molar-refractivity contribution in [3.8, 4) is 0 Å². The van der Waals surface area contributed by atoms with Crippen LogP contribution in [0.1, 0.15) is 48.9 Å². The average molecular weight is 392 g/mol. The van der Waals surface area contributed by atoms with Crippen LogP contribution in [0.2, 0.25) is 0 Å². The minimum absolute atomic E-state index is 0.397. The Labute approximate surface area is 174 Å². The molecule has 1 aromatic heterocycles. The van der Waals surface area contributed by atoms with Crippen LogP contribution in [0.4, 0.5) is 5.69 Å². The van der Waals surface area contributed by atoms with Crippen LogP contribution >= 0.6 is 0 Å². The lowest BCUT2D eigenvalue weighted by Crippen LogP contribution is -2.47. The largest absolute Gasteiger partial charge is 0.377 e. The number of hydrogen-bond acceptors (Lipinski definition) is 4. The van der Waals surface area contributed by atoms with E-state index in [1.54, 1.807) is 11.1 Å². The maximum Gasteiger partial charge on any atom is 0.0703 e. The Hall–Kier alpha value is -1.91. The zero-order valence-corrected chi connectivity index (χ0v) is 17.4. The molecule has 4 nitrogen and oxygen atoms in total. The van der Waals surface area contributed by atoms with Gasteiger partial charge in [0.25, 0.3) is 0 Å². The van der Waals surface area contributed by atoms with E-state index in [1.807, 2.05) is 12.3 Å². The number of ether oxygens (including phenoxy) is 1. The lowest BCUT2D eigenvalue weighted by molar-refractivity contribution is 0.0471. The summed E-state index contributed by atoms with van der Waals surface area (Å²) in [7, 11) is 0. The van der Waals surface area contributed by atoms with Gasteiger partial charge in [0.1, 0.15) is 0 Å². The topological polar surface area (TPSA) is 28.6 Å². The summed E-state index contributed by atoms with van der Waals surface area (Å²) in [5, 5.41) is 0. The van der Waals surface area contributed by atoms with E-state index in [1.165, 1.54) is 56.3 Å². The van der Waals surface area contributed by atoms with Crippen molar-refractivity contribution in [1.29, 1.82) is 0 Å². The molecule has 0 spiro atoms. The second-order valence-electron chi connectivity index (χ2n) is 8.91. The zero-order chi connectivity index (χ0) is 19.5. The molecule has 3 heterocycles. The van der Waals surface area contributed by atoms with Crippen LogP contribution < -0.4 is 4.90 Å². The van der Waals surface area contributed by atoms with Crippen LogP contribution in [0.3, 0.4) is 0 Å². The first kappa shape index (κ1) is 19.1. The fourth-order valence-electron chi connectivity index (χ4n) is 5.34. The third kappa shape index (κ3) is 4.49. The van der Waals surface area contributed by atoms with Gasteiger partial charge in [0.15, 0.2) is 0 Å². The standard InChI is InChI=1S/C25H33N3O/c1-2-13-26-22(7-1)18-28(19-25-8-4-16-29-25)23-11-14-27(15-12-23)24-10-9-20-5-3-6-21(20)17-24/h1-2,7,9-10,13,17,23,25H,3-6,8,11-12,14-16,18-19H2. The van der Waals surface area contributed by atoms with Gasteiger partial charge in [-0.15, -0.1) is 0 Å². The third-order valence-corrected chi connectivity index (χ3v) is 6.98. The molecule has 5 rings (SSSR count). The Morgan fingerprint density at radius 3 is 2.69 bits per heavy atom. The molecule has 2 saturated heterocycles. The van der Waals surface area contributed by atoms with Crippen molar-refractivity contribution in [3.63, 3.8) is 0 Å². The van der Waals surface area contributed by atoms with E-state index in [0.29, 0.717) is 12.1 Å². The number of hydrogen-bond donors (Lipinski definition) is 0. The van der Waals surface area contributed by atoms with Gasteiger partial charge in [-0.05, 0) is 80.3 Å². The first-order valence-corrected chi connectivity index (χ1v) is 11.5. The lowest BCUT2D eigenvalue weighted by atomic mass is 10.0. The smallest absolute Gasteiger partial charge is 0.0703 e. The third-order valence-electron chi connectivity index (χ3n) is 6.98. The number of aromatic nitrogens is 1. The highest BCUT2D eigenvalue weighted by Gasteiger charge is 2.28. The van der Waals surface area contributed by atoms with Gasteiger partial charge in [0.2, 0.25) is 0 Å². The molecule has 2 aliphatic heterocycles. The summed E-state index contributed by atoms with van der Waals surface area (Å²) >= 11 is 0. The Morgan fingerprint density at radius 2 is 1.90 bits per heavy atom. The Morgan fingerprint density at radius 1 is 1.00 bits per heavy atom. The fraction of sp³-hybridized carbons (Fsp3) is 0.560. The molecule has 0 amide bonds. The number of benzene rings is 1. The van der Waals surface area contributed by atoms with Crippen molar-refractivity contribution in [2.45, 2.75) is 63.6 Å². The summed E-state index contributed by atoms with van der Waals surface area (Å²) in [6, 6.07) is 14.1. The summed E-state index contributed by atoms with van der Waals surface area (Å²) in [6.07, 6.45) is 11.0. The zero-order valence-electron chi connectivity index (χ0n) is 17.4. The van der Waals surface area contributed by atoms with Crippen LogP contribution in [0.5, 0.6) is 0 Å². The first-order valence-electron chi connectivity index (χ1n) is 11.5. The number of aryl methyl sites for hydroxylation is 2. The molecule has 3 aliphatic rings. The Balaban J connectivity index is 1.24. The summed E-state index contributed by atoms with van der Waals surface area (Å²) in [5.41, 5.74) is 5.76. The highest BCUT2D eigenvalue weighted by atomic mass is 16.5. The first-order chi connectivity index (χ1) is 14.3. The molecule has 154 valence electrons. The molecule has 0 saturated carbocycles. The molecule has 0 radical (unpaired) electrons. The predicted octanol–water partition coefficient (Wildman–Crippen LogP) is 4.22. The number of anilines is 1. The van der Waals surface area contributed by atoms with Gasteiger partial charge >= 0.3 is 0 Å². The van der Waals surface area contributed by atoms with Crippen LogP contribution in [0.15, 0.2) is 42.6 Å². The number of rotatable bonds is 6. The van der Waals surface area contributed by atoms with Gasteiger partial charge in [0.05, 0.1) is 11.8 Å². The van der Waals surface area contributed by atoms with Crippen LogP contribution in [0, 0.1) is 0 Å². The molecular formula is C25H33N3O. The van der Waals surface area contributed by atoms with E-state index in [2.05, 4.69) is 45.1 Å². The van der Waals surface area contributed by atoms with Crippen molar-refractivity contribution < 1.29 is 4.74 Å². The molecule has 2 aromatic rings. The van der Waals surface area contributed by atoms with Gasteiger partial charge in [-0.2, -0.15) is 0 Å². The van der Waals surface area contributed by atoms with E-state index in [0.717, 1.165) is 32.8 Å². The molecular weight excluding hydrogens is 358 g/mol. The normalized spacial score (nSPS) is 22.4. The molecule has 1 aromatic carbocycles. The van der Waals surface area contributed by atoms with Gasteiger partial charge in [0, 0.05) is 50.7 Å². The van der Waals surface area contributed by atoms with Crippen molar-refractivity contribution in [2.24, 2.45) is 0 Å². The highest BCUT2D eigenvalue weighted by Crippen LogP contribution is 2.30. The quantitative estimate of drug-likeness (QED) is 0.737. The van der Waals surface area contributed by atoms with Gasteiger partial charge in [-0.1, -0.05) is 12.1 Å². The summed E-state index contributed by atoms with van der Waals surface area (Å²) in [6.45, 7) is 5.20.